The van der Waals surface area contributed by atoms with Crippen molar-refractivity contribution in [3.8, 4) is 5.75 Å². The van der Waals surface area contributed by atoms with E-state index in [0.29, 0.717) is 23.1 Å². The molecule has 0 saturated heterocycles. The Labute approximate surface area is 298 Å². The van der Waals surface area contributed by atoms with Gasteiger partial charge in [0.2, 0.25) is 11.8 Å². The second kappa shape index (κ2) is 17.1. The second-order valence-corrected chi connectivity index (χ2v) is 15.1. The molecule has 0 aromatic heterocycles. The largest absolute Gasteiger partial charge is 0.494 e. The Balaban J connectivity index is 1.56. The number of carbonyl (C=O) groups excluding carboxylic acids is 2. The molecule has 0 aliphatic heterocycles. The number of sulfonamides is 1. The average Bonchev–Trinajstić information content (AvgIpc) is 3.62. The molecule has 0 radical (unpaired) electrons. The van der Waals surface area contributed by atoms with E-state index >= 15 is 0 Å². The van der Waals surface area contributed by atoms with Gasteiger partial charge in [-0.1, -0.05) is 66.9 Å². The quantitative estimate of drug-likeness (QED) is 0.129. The molecule has 0 heterocycles. The third kappa shape index (κ3) is 9.59. The Morgan fingerprint density at radius 2 is 1.59 bits per heavy atom. The number of hydrogen-bond donors (Lipinski definition) is 1. The van der Waals surface area contributed by atoms with E-state index in [1.54, 1.807) is 66.7 Å². The van der Waals surface area contributed by atoms with E-state index in [1.807, 2.05) is 49.6 Å². The first-order valence-corrected chi connectivity index (χ1v) is 19.5. The van der Waals surface area contributed by atoms with Crippen LogP contribution in [-0.4, -0.2) is 56.6 Å². The first kappa shape index (κ1) is 36.3. The van der Waals surface area contributed by atoms with Crippen molar-refractivity contribution in [3.63, 3.8) is 0 Å². The van der Waals surface area contributed by atoms with Gasteiger partial charge < -0.3 is 15.0 Å². The lowest BCUT2D eigenvalue weighted by Gasteiger charge is -2.34. The van der Waals surface area contributed by atoms with Gasteiger partial charge in [0.25, 0.3) is 10.0 Å². The van der Waals surface area contributed by atoms with Gasteiger partial charge in [-0.3, -0.25) is 13.9 Å². The van der Waals surface area contributed by atoms with Gasteiger partial charge in [-0.25, -0.2) is 8.42 Å². The molecular weight excluding hydrogens is 678 g/mol. The van der Waals surface area contributed by atoms with Gasteiger partial charge in [0.1, 0.15) is 18.3 Å². The summed E-state index contributed by atoms with van der Waals surface area (Å²) in [6.07, 6.45) is 5.99. The maximum absolute atomic E-state index is 14.7. The summed E-state index contributed by atoms with van der Waals surface area (Å²) in [6, 6.07) is 29.0. The molecule has 8 nitrogen and oxygen atoms in total. The predicted octanol–water partition coefficient (Wildman–Crippen LogP) is 7.35. The third-order valence-electron chi connectivity index (χ3n) is 8.58. The number of anilines is 1. The minimum atomic E-state index is -4.22. The topological polar surface area (TPSA) is 96.0 Å². The van der Waals surface area contributed by atoms with Crippen LogP contribution in [0.4, 0.5) is 5.69 Å². The number of thioether (sulfide) groups is 1. The predicted molar refractivity (Wildman–Crippen MR) is 197 cm³/mol. The van der Waals surface area contributed by atoms with Crippen LogP contribution in [0.5, 0.6) is 5.75 Å². The first-order chi connectivity index (χ1) is 23.7. The minimum Gasteiger partial charge on any atom is -0.494 e. The average molecular weight is 720 g/mol. The molecule has 0 unspecified atom stereocenters. The molecule has 1 atom stereocenters. The Morgan fingerprint density at radius 3 is 2.22 bits per heavy atom. The highest BCUT2D eigenvalue weighted by molar-refractivity contribution is 7.98. The van der Waals surface area contributed by atoms with Gasteiger partial charge >= 0.3 is 0 Å². The first-order valence-electron chi connectivity index (χ1n) is 16.5. The van der Waals surface area contributed by atoms with Crippen molar-refractivity contribution in [1.29, 1.82) is 0 Å². The number of amides is 2. The summed E-state index contributed by atoms with van der Waals surface area (Å²) in [4.78, 5) is 31.3. The Kier molecular flexibility index (Phi) is 12.7. The molecule has 4 aromatic rings. The van der Waals surface area contributed by atoms with Crippen LogP contribution in [0.1, 0.15) is 43.7 Å². The summed E-state index contributed by atoms with van der Waals surface area (Å²) in [5.41, 5.74) is 1.89. The second-order valence-electron chi connectivity index (χ2n) is 12.0. The summed E-state index contributed by atoms with van der Waals surface area (Å²) in [5.74, 6) is -0.219. The van der Waals surface area contributed by atoms with Crippen molar-refractivity contribution in [3.05, 3.63) is 119 Å². The Morgan fingerprint density at radius 1 is 0.918 bits per heavy atom. The van der Waals surface area contributed by atoms with Crippen molar-refractivity contribution in [2.45, 2.75) is 67.4 Å². The highest BCUT2D eigenvalue weighted by Gasteiger charge is 2.35. The van der Waals surface area contributed by atoms with Crippen LogP contribution in [0.2, 0.25) is 5.02 Å². The van der Waals surface area contributed by atoms with Crippen LogP contribution in [0.3, 0.4) is 0 Å². The van der Waals surface area contributed by atoms with E-state index in [0.717, 1.165) is 46.0 Å². The van der Waals surface area contributed by atoms with E-state index < -0.39 is 28.5 Å². The molecule has 49 heavy (non-hydrogen) atoms. The molecule has 0 bridgehead atoms. The summed E-state index contributed by atoms with van der Waals surface area (Å²) >= 11 is 7.86. The van der Waals surface area contributed by atoms with Gasteiger partial charge in [-0.2, -0.15) is 0 Å². The number of carbonyl (C=O) groups is 2. The van der Waals surface area contributed by atoms with Crippen LogP contribution in [-0.2, 0) is 32.6 Å². The van der Waals surface area contributed by atoms with Crippen molar-refractivity contribution < 1.29 is 22.7 Å². The van der Waals surface area contributed by atoms with Gasteiger partial charge in [0.15, 0.2) is 0 Å². The van der Waals surface area contributed by atoms with Crippen molar-refractivity contribution in [2.24, 2.45) is 0 Å². The molecule has 0 spiro atoms. The van der Waals surface area contributed by atoms with E-state index in [9.17, 15) is 18.0 Å². The van der Waals surface area contributed by atoms with Crippen LogP contribution in [0, 0.1) is 0 Å². The van der Waals surface area contributed by atoms with E-state index in [-0.39, 0.29) is 29.8 Å². The SMILES string of the molecule is CCOc1ccc(N(CC(=O)N(Cc2cccc(Cl)c2)[C@@H](Cc2ccccc2)C(=O)NC2CCCC2)S(=O)(=O)c2ccc(SC)cc2)cc1. The summed E-state index contributed by atoms with van der Waals surface area (Å²) in [7, 11) is -4.22. The lowest BCUT2D eigenvalue weighted by Crippen LogP contribution is -2.54. The van der Waals surface area contributed by atoms with Crippen LogP contribution < -0.4 is 14.4 Å². The molecule has 1 N–H and O–H groups in total. The van der Waals surface area contributed by atoms with E-state index in [2.05, 4.69) is 5.32 Å². The molecule has 1 fully saturated rings. The number of halogens is 1. The molecule has 5 rings (SSSR count). The normalized spacial score (nSPS) is 13.9. The maximum atomic E-state index is 14.7. The fraction of sp³-hybridized carbons (Fsp3) is 0.316. The zero-order chi connectivity index (χ0) is 34.8. The lowest BCUT2D eigenvalue weighted by molar-refractivity contribution is -0.140. The summed E-state index contributed by atoms with van der Waals surface area (Å²) in [5, 5.41) is 3.69. The summed E-state index contributed by atoms with van der Waals surface area (Å²) < 4.78 is 35.4. The van der Waals surface area contributed by atoms with Gasteiger partial charge in [0.05, 0.1) is 17.2 Å². The van der Waals surface area contributed by atoms with Gasteiger partial charge in [0, 0.05) is 28.9 Å². The number of benzene rings is 4. The number of rotatable bonds is 15. The number of nitrogens with zero attached hydrogens (tertiary/aromatic N) is 2. The minimum absolute atomic E-state index is 0.0267. The van der Waals surface area contributed by atoms with Crippen LogP contribution >= 0.6 is 23.4 Å². The molecule has 1 saturated carbocycles. The Hall–Kier alpha value is -3.99. The fourth-order valence-electron chi connectivity index (χ4n) is 6.03. The number of ether oxygens (including phenoxy) is 1. The van der Waals surface area contributed by atoms with Crippen molar-refractivity contribution >= 4 is 50.9 Å². The standard InChI is InChI=1S/C38H42ClN3O5S2/c1-3-47-33-18-16-32(17-19-33)42(49(45,46)35-22-20-34(48-2)21-23-35)27-37(43)41(26-29-12-9-13-30(39)24-29)36(25-28-10-5-4-6-11-28)38(44)40-31-14-7-8-15-31/h4-6,9-13,16-24,31,36H,3,7-8,14-15,25-27H2,1-2H3,(H,40,44)/t36-/m0/s1. The maximum Gasteiger partial charge on any atom is 0.264 e. The number of hydrogen-bond acceptors (Lipinski definition) is 6. The highest BCUT2D eigenvalue weighted by Crippen LogP contribution is 2.29. The molecule has 11 heteroatoms. The van der Waals surface area contributed by atoms with Crippen LogP contribution in [0.15, 0.2) is 113 Å². The van der Waals surface area contributed by atoms with Gasteiger partial charge in [-0.05, 0) is 97.8 Å². The van der Waals surface area contributed by atoms with Gasteiger partial charge in [-0.15, -0.1) is 11.8 Å². The number of nitrogens with one attached hydrogen (secondary N) is 1. The van der Waals surface area contributed by atoms with Crippen LogP contribution in [0.25, 0.3) is 0 Å². The van der Waals surface area contributed by atoms with Crippen molar-refractivity contribution in [2.75, 3.05) is 23.7 Å². The molecular formula is C38H42ClN3O5S2. The Bertz CT molecular complexity index is 1800. The smallest absolute Gasteiger partial charge is 0.264 e. The molecule has 2 amide bonds. The molecule has 1 aliphatic carbocycles. The highest BCUT2D eigenvalue weighted by atomic mass is 35.5. The lowest BCUT2D eigenvalue weighted by atomic mass is 10.0. The third-order valence-corrected chi connectivity index (χ3v) is 11.3. The van der Waals surface area contributed by atoms with Crippen molar-refractivity contribution in [1.82, 2.24) is 10.2 Å². The molecule has 258 valence electrons. The fourth-order valence-corrected chi connectivity index (χ4v) is 8.07. The summed E-state index contributed by atoms with van der Waals surface area (Å²) in [6.45, 7) is 1.83. The zero-order valence-electron chi connectivity index (χ0n) is 27.8. The van der Waals surface area contributed by atoms with E-state index in [4.69, 9.17) is 16.3 Å². The molecule has 4 aromatic carbocycles. The van der Waals surface area contributed by atoms with E-state index in [1.165, 1.54) is 16.7 Å². The zero-order valence-corrected chi connectivity index (χ0v) is 30.1. The molecule has 1 aliphatic rings. The monoisotopic (exact) mass is 719 g/mol.